The molecule has 0 bridgehead atoms. The van der Waals surface area contributed by atoms with E-state index in [9.17, 15) is 9.59 Å². The molecule has 0 aliphatic carbocycles. The van der Waals surface area contributed by atoms with Crippen molar-refractivity contribution in [3.8, 4) is 0 Å². The topological polar surface area (TPSA) is 86.3 Å². The van der Waals surface area contributed by atoms with Gasteiger partial charge in [0.25, 0.3) is 0 Å². The molecule has 1 fully saturated rings. The molecule has 142 valence electrons. The van der Waals surface area contributed by atoms with Crippen LogP contribution in [0.5, 0.6) is 0 Å². The summed E-state index contributed by atoms with van der Waals surface area (Å²) in [7, 11) is 2.77. The van der Waals surface area contributed by atoms with Crippen molar-refractivity contribution in [1.82, 2.24) is 10.4 Å². The average Bonchev–Trinajstić information content (AvgIpc) is 2.62. The number of nitrogens with zero attached hydrogens (tertiary/aromatic N) is 1. The van der Waals surface area contributed by atoms with Gasteiger partial charge in [0.2, 0.25) is 0 Å². The van der Waals surface area contributed by atoms with E-state index in [0.717, 1.165) is 39.0 Å². The van der Waals surface area contributed by atoms with Crippen LogP contribution in [0.3, 0.4) is 0 Å². The van der Waals surface area contributed by atoms with Gasteiger partial charge in [-0.2, -0.15) is 0 Å². The van der Waals surface area contributed by atoms with Crippen molar-refractivity contribution >= 4 is 11.9 Å². The molecule has 1 saturated heterocycles. The molecule has 0 saturated carbocycles. The number of hydrogen-bond donors (Lipinski definition) is 1. The normalized spacial score (nSPS) is 17.0. The van der Waals surface area contributed by atoms with Crippen LogP contribution in [0.1, 0.15) is 39.5 Å². The van der Waals surface area contributed by atoms with Crippen LogP contribution in [0.4, 0.5) is 0 Å². The summed E-state index contributed by atoms with van der Waals surface area (Å²) in [6.07, 6.45) is 3.37. The van der Waals surface area contributed by atoms with E-state index in [-0.39, 0.29) is 18.2 Å². The van der Waals surface area contributed by atoms with E-state index in [1.807, 2.05) is 18.9 Å². The Morgan fingerprint density at radius 3 is 2.38 bits per heavy atom. The maximum absolute atomic E-state index is 10.8. The van der Waals surface area contributed by atoms with Crippen molar-refractivity contribution in [3.63, 3.8) is 0 Å². The number of hydrazine groups is 1. The average molecular weight is 348 g/mol. The SMILES string of the molecule is CCNN(CC)CC(=O)OC.COC(=O)CCOC1CCCCO1. The molecule has 24 heavy (non-hydrogen) atoms. The van der Waals surface area contributed by atoms with Crippen molar-refractivity contribution in [2.45, 2.75) is 45.8 Å². The van der Waals surface area contributed by atoms with Gasteiger partial charge in [-0.15, -0.1) is 0 Å². The van der Waals surface area contributed by atoms with E-state index in [1.54, 1.807) is 0 Å². The Kier molecular flexibility index (Phi) is 14.5. The Hall–Kier alpha value is -1.22. The zero-order valence-electron chi connectivity index (χ0n) is 15.3. The summed E-state index contributed by atoms with van der Waals surface area (Å²) in [6, 6.07) is 0. The van der Waals surface area contributed by atoms with E-state index in [4.69, 9.17) is 9.47 Å². The van der Waals surface area contributed by atoms with Gasteiger partial charge < -0.3 is 18.9 Å². The van der Waals surface area contributed by atoms with E-state index < -0.39 is 0 Å². The fourth-order valence-corrected chi connectivity index (χ4v) is 1.94. The maximum Gasteiger partial charge on any atom is 0.321 e. The molecular weight excluding hydrogens is 316 g/mol. The van der Waals surface area contributed by atoms with E-state index in [2.05, 4.69) is 14.9 Å². The van der Waals surface area contributed by atoms with Crippen LogP contribution in [0.15, 0.2) is 0 Å². The highest BCUT2D eigenvalue weighted by atomic mass is 16.7. The molecule has 1 aliphatic heterocycles. The van der Waals surface area contributed by atoms with Crippen LogP contribution in [-0.4, -0.2) is 70.3 Å². The quantitative estimate of drug-likeness (QED) is 0.490. The first-order valence-corrected chi connectivity index (χ1v) is 8.42. The number of methoxy groups -OCH3 is 2. The molecule has 1 unspecified atom stereocenters. The van der Waals surface area contributed by atoms with Gasteiger partial charge in [-0.3, -0.25) is 15.0 Å². The first-order chi connectivity index (χ1) is 11.6. The standard InChI is InChI=1S/C9H16O4.C7H16N2O2/c1-11-8(10)5-7-13-9-4-2-3-6-12-9;1-4-8-9(5-2)6-7(10)11-3/h9H,2-7H2,1H3;8H,4-6H2,1-3H3. The molecule has 0 aromatic rings. The third-order valence-corrected chi connectivity index (χ3v) is 3.29. The van der Waals surface area contributed by atoms with Crippen molar-refractivity contribution < 1.29 is 28.5 Å². The van der Waals surface area contributed by atoms with E-state index in [0.29, 0.717) is 19.6 Å². The number of hydrogen-bond acceptors (Lipinski definition) is 8. The zero-order valence-corrected chi connectivity index (χ0v) is 15.3. The van der Waals surface area contributed by atoms with Gasteiger partial charge in [0.05, 0.1) is 27.2 Å². The molecule has 0 radical (unpaired) electrons. The molecule has 8 nitrogen and oxygen atoms in total. The minimum absolute atomic E-state index is 0.113. The Bertz CT molecular complexity index is 335. The van der Waals surface area contributed by atoms with Gasteiger partial charge in [-0.1, -0.05) is 13.8 Å². The monoisotopic (exact) mass is 348 g/mol. The first-order valence-electron chi connectivity index (χ1n) is 8.42. The van der Waals surface area contributed by atoms with Crippen LogP contribution in [0.25, 0.3) is 0 Å². The largest absolute Gasteiger partial charge is 0.469 e. The van der Waals surface area contributed by atoms with Crippen LogP contribution >= 0.6 is 0 Å². The number of nitrogens with one attached hydrogen (secondary N) is 1. The van der Waals surface area contributed by atoms with Gasteiger partial charge in [-0.05, 0) is 19.3 Å². The highest BCUT2D eigenvalue weighted by Crippen LogP contribution is 2.13. The maximum atomic E-state index is 10.8. The minimum atomic E-state index is -0.240. The van der Waals surface area contributed by atoms with Gasteiger partial charge >= 0.3 is 11.9 Å². The van der Waals surface area contributed by atoms with Crippen LogP contribution in [0, 0.1) is 0 Å². The van der Waals surface area contributed by atoms with E-state index in [1.165, 1.54) is 14.2 Å². The molecule has 1 rings (SSSR count). The number of rotatable bonds is 9. The molecule has 1 heterocycles. The fourth-order valence-electron chi connectivity index (χ4n) is 1.94. The van der Waals surface area contributed by atoms with Crippen molar-refractivity contribution in [1.29, 1.82) is 0 Å². The lowest BCUT2D eigenvalue weighted by Crippen LogP contribution is -2.41. The summed E-state index contributed by atoms with van der Waals surface area (Å²) in [5, 5.41) is 1.81. The van der Waals surface area contributed by atoms with E-state index >= 15 is 0 Å². The van der Waals surface area contributed by atoms with Gasteiger partial charge in [0, 0.05) is 19.7 Å². The Morgan fingerprint density at radius 2 is 1.88 bits per heavy atom. The highest BCUT2D eigenvalue weighted by molar-refractivity contribution is 5.71. The summed E-state index contributed by atoms with van der Waals surface area (Å²) >= 11 is 0. The second-order valence-electron chi connectivity index (χ2n) is 5.10. The van der Waals surface area contributed by atoms with Crippen LogP contribution < -0.4 is 5.43 Å². The molecule has 1 aliphatic rings. The number of carbonyl (C=O) groups is 2. The third-order valence-electron chi connectivity index (χ3n) is 3.29. The fraction of sp³-hybridized carbons (Fsp3) is 0.875. The number of esters is 2. The predicted octanol–water partition coefficient (Wildman–Crippen LogP) is 1.10. The van der Waals surface area contributed by atoms with Gasteiger partial charge in [0.15, 0.2) is 6.29 Å². The Balaban J connectivity index is 0.000000449. The highest BCUT2D eigenvalue weighted by Gasteiger charge is 2.14. The lowest BCUT2D eigenvalue weighted by atomic mass is 10.2. The lowest BCUT2D eigenvalue weighted by molar-refractivity contribution is -0.168. The number of ether oxygens (including phenoxy) is 4. The van der Waals surface area contributed by atoms with Crippen LogP contribution in [0.2, 0.25) is 0 Å². The van der Waals surface area contributed by atoms with Crippen molar-refractivity contribution in [3.05, 3.63) is 0 Å². The molecule has 0 aromatic carbocycles. The first kappa shape index (κ1) is 22.8. The van der Waals surface area contributed by atoms with Gasteiger partial charge in [0.1, 0.15) is 6.54 Å². The summed E-state index contributed by atoms with van der Waals surface area (Å²) in [5.41, 5.74) is 3.03. The Labute approximate surface area is 144 Å². The molecule has 0 aromatic heterocycles. The molecular formula is C16H32N2O6. The van der Waals surface area contributed by atoms with Crippen LogP contribution in [-0.2, 0) is 28.5 Å². The Morgan fingerprint density at radius 1 is 1.17 bits per heavy atom. The molecule has 1 atom stereocenters. The summed E-state index contributed by atoms with van der Waals surface area (Å²) < 4.78 is 19.6. The molecule has 0 amide bonds. The summed E-state index contributed by atoms with van der Waals surface area (Å²) in [6.45, 7) is 7.04. The zero-order chi connectivity index (χ0) is 18.2. The molecule has 8 heteroatoms. The second kappa shape index (κ2) is 15.3. The summed E-state index contributed by atoms with van der Waals surface area (Å²) in [4.78, 5) is 21.5. The summed E-state index contributed by atoms with van der Waals surface area (Å²) in [5.74, 6) is -0.455. The smallest absolute Gasteiger partial charge is 0.321 e. The lowest BCUT2D eigenvalue weighted by Gasteiger charge is -2.22. The van der Waals surface area contributed by atoms with Crippen molar-refractivity contribution in [2.75, 3.05) is 47.1 Å². The molecule has 0 spiro atoms. The predicted molar refractivity (Wildman–Crippen MR) is 89.1 cm³/mol. The van der Waals surface area contributed by atoms with Crippen molar-refractivity contribution in [2.24, 2.45) is 0 Å². The second-order valence-corrected chi connectivity index (χ2v) is 5.10. The molecule has 1 N–H and O–H groups in total. The number of carbonyl (C=O) groups excluding carboxylic acids is 2. The third kappa shape index (κ3) is 12.2. The minimum Gasteiger partial charge on any atom is -0.469 e. The number of likely N-dealkylation sites (N-methyl/N-ethyl adjacent to an activating group) is 1. The van der Waals surface area contributed by atoms with Gasteiger partial charge in [-0.25, -0.2) is 5.01 Å².